The molecule has 6 nitrogen and oxygen atoms in total. The Balaban J connectivity index is 1.85. The van der Waals surface area contributed by atoms with Gasteiger partial charge in [-0.15, -0.1) is 5.10 Å². The van der Waals surface area contributed by atoms with Crippen LogP contribution in [0.15, 0.2) is 36.5 Å². The number of aliphatic hydroxyl groups is 1. The number of amides is 1. The van der Waals surface area contributed by atoms with Crippen molar-refractivity contribution in [2.45, 2.75) is 26.7 Å². The van der Waals surface area contributed by atoms with Gasteiger partial charge < -0.3 is 10.4 Å². The van der Waals surface area contributed by atoms with Crippen molar-refractivity contribution in [3.8, 4) is 5.69 Å². The van der Waals surface area contributed by atoms with Gasteiger partial charge in [-0.2, -0.15) is 9.90 Å². The number of hydrogen-bond donors (Lipinski definition) is 2. The molecule has 1 aromatic carbocycles. The molecule has 0 saturated carbocycles. The first kappa shape index (κ1) is 16.2. The Morgan fingerprint density at radius 1 is 1.32 bits per heavy atom. The molecule has 0 saturated heterocycles. The summed E-state index contributed by atoms with van der Waals surface area (Å²) in [7, 11) is 0. The molecule has 2 N–H and O–H groups in total. The number of rotatable bonds is 7. The average Bonchev–Trinajstić information content (AvgIpc) is 3.02. The van der Waals surface area contributed by atoms with E-state index in [-0.39, 0.29) is 17.9 Å². The number of benzene rings is 1. The van der Waals surface area contributed by atoms with Crippen LogP contribution in [0.25, 0.3) is 5.69 Å². The summed E-state index contributed by atoms with van der Waals surface area (Å²) in [6.07, 6.45) is 3.12. The fraction of sp³-hybridized carbons (Fsp3) is 0.438. The lowest BCUT2D eigenvalue weighted by molar-refractivity contribution is 0.0943. The average molecular weight is 302 g/mol. The Kier molecular flexibility index (Phi) is 5.27. The van der Waals surface area contributed by atoms with Gasteiger partial charge in [-0.1, -0.05) is 32.0 Å². The fourth-order valence-electron chi connectivity index (χ4n) is 1.99. The number of carbonyl (C=O) groups is 1. The van der Waals surface area contributed by atoms with Crippen LogP contribution >= 0.6 is 0 Å². The maximum atomic E-state index is 12.0. The molecule has 0 aliphatic carbocycles. The molecule has 0 atom stereocenters. The van der Waals surface area contributed by atoms with E-state index in [0.717, 1.165) is 18.5 Å². The van der Waals surface area contributed by atoms with Gasteiger partial charge in [0.1, 0.15) is 0 Å². The minimum atomic E-state index is -0.232. The number of hydrogen-bond acceptors (Lipinski definition) is 4. The SMILES string of the molecule is CC(C)(CO)CCCNC(=O)c1cnn(-c2ccccc2)n1. The van der Waals surface area contributed by atoms with Crippen molar-refractivity contribution in [2.75, 3.05) is 13.2 Å². The zero-order valence-electron chi connectivity index (χ0n) is 13.0. The number of aromatic nitrogens is 3. The van der Waals surface area contributed by atoms with E-state index in [2.05, 4.69) is 15.5 Å². The highest BCUT2D eigenvalue weighted by atomic mass is 16.3. The molecule has 0 bridgehead atoms. The second-order valence-corrected chi connectivity index (χ2v) is 6.04. The molecule has 0 radical (unpaired) electrons. The molecule has 1 amide bonds. The van der Waals surface area contributed by atoms with Gasteiger partial charge in [-0.25, -0.2) is 0 Å². The predicted octanol–water partition coefficient (Wildman–Crippen LogP) is 1.80. The maximum absolute atomic E-state index is 12.0. The van der Waals surface area contributed by atoms with Gasteiger partial charge in [0.15, 0.2) is 5.69 Å². The van der Waals surface area contributed by atoms with Crippen LogP contribution < -0.4 is 5.32 Å². The van der Waals surface area contributed by atoms with Crippen molar-refractivity contribution in [3.63, 3.8) is 0 Å². The summed E-state index contributed by atoms with van der Waals surface area (Å²) >= 11 is 0. The Morgan fingerprint density at radius 3 is 2.73 bits per heavy atom. The number of carbonyl (C=O) groups excluding carboxylic acids is 1. The van der Waals surface area contributed by atoms with Gasteiger partial charge in [-0.05, 0) is 30.4 Å². The van der Waals surface area contributed by atoms with Crippen molar-refractivity contribution in [3.05, 3.63) is 42.2 Å². The summed E-state index contributed by atoms with van der Waals surface area (Å²) in [5.41, 5.74) is 0.998. The van der Waals surface area contributed by atoms with Crippen LogP contribution in [0.3, 0.4) is 0 Å². The molecule has 0 aliphatic rings. The van der Waals surface area contributed by atoms with E-state index in [1.807, 2.05) is 44.2 Å². The van der Waals surface area contributed by atoms with Gasteiger partial charge in [-0.3, -0.25) is 4.79 Å². The molecular weight excluding hydrogens is 280 g/mol. The van der Waals surface area contributed by atoms with Crippen molar-refractivity contribution in [2.24, 2.45) is 5.41 Å². The van der Waals surface area contributed by atoms with Gasteiger partial charge >= 0.3 is 0 Å². The smallest absolute Gasteiger partial charge is 0.273 e. The Labute approximate surface area is 130 Å². The van der Waals surface area contributed by atoms with Gasteiger partial charge in [0.05, 0.1) is 11.9 Å². The minimum Gasteiger partial charge on any atom is -0.396 e. The Hall–Kier alpha value is -2.21. The highest BCUT2D eigenvalue weighted by Crippen LogP contribution is 2.20. The molecule has 6 heteroatoms. The van der Waals surface area contributed by atoms with E-state index in [0.29, 0.717) is 12.2 Å². The number of aliphatic hydroxyl groups excluding tert-OH is 1. The standard InChI is InChI=1S/C16H22N4O2/c1-16(2,12-21)9-6-10-17-15(22)14-11-18-20(19-14)13-7-4-3-5-8-13/h3-5,7-8,11,21H,6,9-10,12H2,1-2H3,(H,17,22). The van der Waals surface area contributed by atoms with E-state index < -0.39 is 0 Å². The molecule has 0 aliphatic heterocycles. The minimum absolute atomic E-state index is 0.110. The van der Waals surface area contributed by atoms with E-state index in [1.165, 1.54) is 11.0 Å². The maximum Gasteiger partial charge on any atom is 0.273 e. The molecular formula is C16H22N4O2. The fourth-order valence-corrected chi connectivity index (χ4v) is 1.99. The quantitative estimate of drug-likeness (QED) is 0.764. The summed E-state index contributed by atoms with van der Waals surface area (Å²) in [6.45, 7) is 4.70. The summed E-state index contributed by atoms with van der Waals surface area (Å²) < 4.78 is 0. The predicted molar refractivity (Wildman–Crippen MR) is 83.8 cm³/mol. The number of nitrogens with one attached hydrogen (secondary N) is 1. The van der Waals surface area contributed by atoms with E-state index in [9.17, 15) is 9.90 Å². The van der Waals surface area contributed by atoms with Crippen molar-refractivity contribution in [1.29, 1.82) is 0 Å². The summed E-state index contributed by atoms with van der Waals surface area (Å²) in [6, 6.07) is 9.44. The van der Waals surface area contributed by atoms with Crippen molar-refractivity contribution < 1.29 is 9.90 Å². The summed E-state index contributed by atoms with van der Waals surface area (Å²) in [5.74, 6) is -0.232. The molecule has 2 rings (SSSR count). The van der Waals surface area contributed by atoms with Crippen LogP contribution in [-0.4, -0.2) is 39.2 Å². The first-order valence-electron chi connectivity index (χ1n) is 7.39. The highest BCUT2D eigenvalue weighted by molar-refractivity contribution is 5.91. The van der Waals surface area contributed by atoms with Gasteiger partial charge in [0.2, 0.25) is 0 Å². The third-order valence-electron chi connectivity index (χ3n) is 3.46. The molecule has 0 spiro atoms. The van der Waals surface area contributed by atoms with Gasteiger partial charge in [0, 0.05) is 13.2 Å². The Bertz CT molecular complexity index is 608. The van der Waals surface area contributed by atoms with Crippen LogP contribution in [0.5, 0.6) is 0 Å². The van der Waals surface area contributed by atoms with Crippen LogP contribution in [0.2, 0.25) is 0 Å². The molecule has 1 heterocycles. The van der Waals surface area contributed by atoms with E-state index >= 15 is 0 Å². The lowest BCUT2D eigenvalue weighted by Crippen LogP contribution is -2.26. The normalized spacial score (nSPS) is 11.4. The highest BCUT2D eigenvalue weighted by Gasteiger charge is 2.16. The van der Waals surface area contributed by atoms with Crippen molar-refractivity contribution >= 4 is 5.91 Å². The largest absolute Gasteiger partial charge is 0.396 e. The molecule has 0 unspecified atom stereocenters. The lowest BCUT2D eigenvalue weighted by Gasteiger charge is -2.21. The lowest BCUT2D eigenvalue weighted by atomic mass is 9.89. The number of nitrogens with zero attached hydrogens (tertiary/aromatic N) is 3. The first-order chi connectivity index (χ1) is 10.5. The second kappa shape index (κ2) is 7.17. The molecule has 0 fully saturated rings. The third kappa shape index (κ3) is 4.39. The third-order valence-corrected chi connectivity index (χ3v) is 3.46. The molecule has 1 aromatic heterocycles. The summed E-state index contributed by atoms with van der Waals surface area (Å²) in [5, 5.41) is 20.3. The van der Waals surface area contributed by atoms with Crippen LogP contribution in [0, 0.1) is 5.41 Å². The monoisotopic (exact) mass is 302 g/mol. The topological polar surface area (TPSA) is 80.0 Å². The van der Waals surface area contributed by atoms with E-state index in [4.69, 9.17) is 0 Å². The van der Waals surface area contributed by atoms with Gasteiger partial charge in [0.25, 0.3) is 5.91 Å². The first-order valence-corrected chi connectivity index (χ1v) is 7.39. The van der Waals surface area contributed by atoms with Crippen LogP contribution in [0.1, 0.15) is 37.2 Å². The zero-order valence-corrected chi connectivity index (χ0v) is 13.0. The Morgan fingerprint density at radius 2 is 2.05 bits per heavy atom. The van der Waals surface area contributed by atoms with E-state index in [1.54, 1.807) is 0 Å². The molecule has 118 valence electrons. The molecule has 22 heavy (non-hydrogen) atoms. The van der Waals surface area contributed by atoms with Crippen LogP contribution in [0.4, 0.5) is 0 Å². The van der Waals surface area contributed by atoms with Crippen molar-refractivity contribution in [1.82, 2.24) is 20.3 Å². The molecule has 2 aromatic rings. The van der Waals surface area contributed by atoms with Crippen LogP contribution in [-0.2, 0) is 0 Å². The summed E-state index contributed by atoms with van der Waals surface area (Å²) in [4.78, 5) is 13.4. The second-order valence-electron chi connectivity index (χ2n) is 6.04. The number of para-hydroxylation sites is 1. The zero-order chi connectivity index (χ0) is 16.0.